The number of nitro groups is 1. The summed E-state index contributed by atoms with van der Waals surface area (Å²) >= 11 is 6.03. The normalized spacial score (nSPS) is 10.0. The number of benzene rings is 2. The number of methoxy groups -OCH3 is 1. The van der Waals surface area contributed by atoms with Crippen molar-refractivity contribution in [1.82, 2.24) is 0 Å². The third-order valence-corrected chi connectivity index (χ3v) is 3.10. The van der Waals surface area contributed by atoms with Gasteiger partial charge in [-0.15, -0.1) is 0 Å². The smallest absolute Gasteiger partial charge is 0.316 e. The molecule has 0 amide bonds. The summed E-state index contributed by atoms with van der Waals surface area (Å²) in [5.41, 5.74) is 3.27. The summed E-state index contributed by atoms with van der Waals surface area (Å²) in [7, 11) is 1.51. The number of ether oxygens (including phenoxy) is 1. The Hall–Kier alpha value is -2.51. The van der Waals surface area contributed by atoms with Crippen molar-refractivity contribution in [3.63, 3.8) is 0 Å². The van der Waals surface area contributed by atoms with Crippen LogP contribution in [-0.4, -0.2) is 12.0 Å². The molecule has 2 aromatic rings. The summed E-state index contributed by atoms with van der Waals surface area (Å²) in [5, 5.41) is 14.5. The van der Waals surface area contributed by atoms with Crippen molar-refractivity contribution in [2.75, 3.05) is 17.9 Å². The molecule has 4 N–H and O–H groups in total. The van der Waals surface area contributed by atoms with Gasteiger partial charge in [0.1, 0.15) is 17.1 Å². The number of nitrogens with two attached hydrogens (primary N) is 1. The Morgan fingerprint density at radius 3 is 2.57 bits per heavy atom. The van der Waals surface area contributed by atoms with Crippen molar-refractivity contribution in [3.8, 4) is 5.75 Å². The molecule has 2 aromatic carbocycles. The number of rotatable bonds is 5. The summed E-state index contributed by atoms with van der Waals surface area (Å²) in [4.78, 5) is 10.7. The lowest BCUT2D eigenvalue weighted by molar-refractivity contribution is -0.383. The molecule has 0 radical (unpaired) electrons. The summed E-state index contributed by atoms with van der Waals surface area (Å²) in [6, 6.07) is 9.74. The predicted molar refractivity (Wildman–Crippen MR) is 82.2 cm³/mol. The Bertz CT molecular complexity index is 678. The molecule has 7 nitrogen and oxygen atoms in total. The standard InChI is InChI=1S/C13H13ClN4O3/c1-21-12-6-5-8(7-9(12)14)16-10-3-2-4-11(17-15)13(10)18(19)20/h2-7,16-17H,15H2,1H3. The van der Waals surface area contributed by atoms with Gasteiger partial charge in [0.25, 0.3) is 0 Å². The highest BCUT2D eigenvalue weighted by atomic mass is 35.5. The van der Waals surface area contributed by atoms with Gasteiger partial charge < -0.3 is 15.5 Å². The molecule has 0 aliphatic rings. The van der Waals surface area contributed by atoms with E-state index in [1.165, 1.54) is 13.2 Å². The third-order valence-electron chi connectivity index (χ3n) is 2.80. The van der Waals surface area contributed by atoms with Crippen LogP contribution in [0.3, 0.4) is 0 Å². The van der Waals surface area contributed by atoms with Gasteiger partial charge in [-0.25, -0.2) is 0 Å². The molecule has 0 fully saturated rings. The molecule has 0 aromatic heterocycles. The van der Waals surface area contributed by atoms with Crippen LogP contribution in [0.2, 0.25) is 5.02 Å². The molecule has 0 unspecified atom stereocenters. The summed E-state index contributed by atoms with van der Waals surface area (Å²) in [6.07, 6.45) is 0. The summed E-state index contributed by atoms with van der Waals surface area (Å²) in [6.45, 7) is 0. The Labute approximate surface area is 125 Å². The van der Waals surface area contributed by atoms with Gasteiger partial charge in [0, 0.05) is 5.69 Å². The van der Waals surface area contributed by atoms with E-state index in [1.54, 1.807) is 30.3 Å². The minimum atomic E-state index is -0.511. The summed E-state index contributed by atoms with van der Waals surface area (Å²) < 4.78 is 5.05. The maximum Gasteiger partial charge on any atom is 0.316 e. The molecule has 0 bridgehead atoms. The number of para-hydroxylation sites is 1. The van der Waals surface area contributed by atoms with Gasteiger partial charge in [0.05, 0.1) is 17.1 Å². The van der Waals surface area contributed by atoms with E-state index in [9.17, 15) is 10.1 Å². The molecule has 21 heavy (non-hydrogen) atoms. The second-order valence-corrected chi connectivity index (χ2v) is 4.48. The highest BCUT2D eigenvalue weighted by Crippen LogP contribution is 2.35. The molecule has 2 rings (SSSR count). The molecular formula is C13H13ClN4O3. The number of anilines is 3. The fourth-order valence-corrected chi connectivity index (χ4v) is 2.11. The van der Waals surface area contributed by atoms with Gasteiger partial charge in [-0.2, -0.15) is 0 Å². The molecule has 0 heterocycles. The van der Waals surface area contributed by atoms with E-state index in [4.69, 9.17) is 22.2 Å². The SMILES string of the molecule is COc1ccc(Nc2cccc(NN)c2[N+](=O)[O-])cc1Cl. The van der Waals surface area contributed by atoms with Crippen molar-refractivity contribution in [3.05, 3.63) is 51.5 Å². The first kappa shape index (κ1) is 14.9. The number of nitrogen functional groups attached to an aromatic ring is 1. The van der Waals surface area contributed by atoms with Crippen molar-refractivity contribution < 1.29 is 9.66 Å². The van der Waals surface area contributed by atoms with E-state index in [1.807, 2.05) is 0 Å². The second-order valence-electron chi connectivity index (χ2n) is 4.08. The van der Waals surface area contributed by atoms with E-state index in [2.05, 4.69) is 10.7 Å². The Morgan fingerprint density at radius 1 is 1.29 bits per heavy atom. The summed E-state index contributed by atoms with van der Waals surface area (Å²) in [5.74, 6) is 5.82. The molecule has 0 atom stereocenters. The van der Waals surface area contributed by atoms with Gasteiger partial charge in [0.15, 0.2) is 0 Å². The quantitative estimate of drug-likeness (QED) is 0.445. The number of hydrogen-bond acceptors (Lipinski definition) is 6. The van der Waals surface area contributed by atoms with Gasteiger partial charge in [0.2, 0.25) is 0 Å². The number of hydrazine groups is 1. The van der Waals surface area contributed by atoms with Crippen molar-refractivity contribution in [2.45, 2.75) is 0 Å². The zero-order valence-corrected chi connectivity index (χ0v) is 11.8. The van der Waals surface area contributed by atoms with E-state index in [-0.39, 0.29) is 11.4 Å². The van der Waals surface area contributed by atoms with Crippen LogP contribution in [0.15, 0.2) is 36.4 Å². The third kappa shape index (κ3) is 3.15. The van der Waals surface area contributed by atoms with E-state index < -0.39 is 4.92 Å². The maximum absolute atomic E-state index is 11.2. The van der Waals surface area contributed by atoms with Crippen molar-refractivity contribution in [1.29, 1.82) is 0 Å². The fourth-order valence-electron chi connectivity index (χ4n) is 1.86. The van der Waals surface area contributed by atoms with Crippen molar-refractivity contribution >= 4 is 34.4 Å². The van der Waals surface area contributed by atoms with E-state index >= 15 is 0 Å². The molecule has 110 valence electrons. The number of nitro benzene ring substituents is 1. The lowest BCUT2D eigenvalue weighted by Crippen LogP contribution is -2.10. The van der Waals surface area contributed by atoms with Gasteiger partial charge in [-0.05, 0) is 30.3 Å². The average Bonchev–Trinajstić information content (AvgIpc) is 2.46. The van der Waals surface area contributed by atoms with Crippen LogP contribution in [0.4, 0.5) is 22.7 Å². The average molecular weight is 309 g/mol. The molecule has 0 saturated carbocycles. The minimum Gasteiger partial charge on any atom is -0.495 e. The predicted octanol–water partition coefficient (Wildman–Crippen LogP) is 3.29. The molecular weight excluding hydrogens is 296 g/mol. The van der Waals surface area contributed by atoms with Crippen LogP contribution < -0.4 is 21.3 Å². The van der Waals surface area contributed by atoms with E-state index in [0.717, 1.165) is 0 Å². The highest BCUT2D eigenvalue weighted by Gasteiger charge is 2.19. The first-order valence-corrected chi connectivity index (χ1v) is 6.29. The number of nitrogens with zero attached hydrogens (tertiary/aromatic N) is 1. The zero-order chi connectivity index (χ0) is 15.4. The number of halogens is 1. The Balaban J connectivity index is 2.40. The lowest BCUT2D eigenvalue weighted by Gasteiger charge is -2.11. The first-order valence-electron chi connectivity index (χ1n) is 5.91. The van der Waals surface area contributed by atoms with Gasteiger partial charge >= 0.3 is 5.69 Å². The lowest BCUT2D eigenvalue weighted by atomic mass is 10.2. The zero-order valence-electron chi connectivity index (χ0n) is 11.1. The fraction of sp³-hybridized carbons (Fsp3) is 0.0769. The number of nitrogens with one attached hydrogen (secondary N) is 2. The molecule has 0 spiro atoms. The van der Waals surface area contributed by atoms with Crippen LogP contribution in [0, 0.1) is 10.1 Å². The van der Waals surface area contributed by atoms with Crippen LogP contribution in [0.1, 0.15) is 0 Å². The molecule has 8 heteroatoms. The molecule has 0 aliphatic carbocycles. The van der Waals surface area contributed by atoms with Crippen LogP contribution >= 0.6 is 11.6 Å². The van der Waals surface area contributed by atoms with Crippen LogP contribution in [-0.2, 0) is 0 Å². The van der Waals surface area contributed by atoms with Crippen LogP contribution in [0.5, 0.6) is 5.75 Å². The largest absolute Gasteiger partial charge is 0.495 e. The van der Waals surface area contributed by atoms with Crippen molar-refractivity contribution in [2.24, 2.45) is 5.84 Å². The first-order chi connectivity index (χ1) is 10.1. The van der Waals surface area contributed by atoms with Gasteiger partial charge in [-0.3, -0.25) is 16.0 Å². The Morgan fingerprint density at radius 2 is 2.00 bits per heavy atom. The highest BCUT2D eigenvalue weighted by molar-refractivity contribution is 6.32. The molecule has 0 saturated heterocycles. The van der Waals surface area contributed by atoms with Crippen LogP contribution in [0.25, 0.3) is 0 Å². The topological polar surface area (TPSA) is 102 Å². The van der Waals surface area contributed by atoms with Gasteiger partial charge in [-0.1, -0.05) is 17.7 Å². The maximum atomic E-state index is 11.2. The molecule has 0 aliphatic heterocycles. The van der Waals surface area contributed by atoms with E-state index in [0.29, 0.717) is 22.1 Å². The number of hydrogen-bond donors (Lipinski definition) is 3. The monoisotopic (exact) mass is 308 g/mol. The Kier molecular flexibility index (Phi) is 4.46. The second kappa shape index (κ2) is 6.29. The minimum absolute atomic E-state index is 0.146.